The van der Waals surface area contributed by atoms with Gasteiger partial charge in [0, 0.05) is 0 Å². The molecule has 5 nitrogen and oxygen atoms in total. The Morgan fingerprint density at radius 3 is 2.44 bits per heavy atom. The Balaban J connectivity index is 2.32. The van der Waals surface area contributed by atoms with Crippen molar-refractivity contribution in [2.24, 2.45) is 5.10 Å². The molecular formula is C16H9F4N3O2. The van der Waals surface area contributed by atoms with Gasteiger partial charge in [-0.2, -0.15) is 18.4 Å². The zero-order valence-electron chi connectivity index (χ0n) is 12.4. The first-order valence-electron chi connectivity index (χ1n) is 6.69. The Morgan fingerprint density at radius 1 is 1.20 bits per heavy atom. The third-order valence-corrected chi connectivity index (χ3v) is 2.78. The molecule has 0 bridgehead atoms. The Bertz CT molecular complexity index is 830. The van der Waals surface area contributed by atoms with Gasteiger partial charge in [-0.3, -0.25) is 4.79 Å². The van der Waals surface area contributed by atoms with Crippen LogP contribution >= 0.6 is 0 Å². The molecule has 2 aromatic carbocycles. The second-order valence-electron chi connectivity index (χ2n) is 4.56. The molecule has 0 N–H and O–H groups in total. The summed E-state index contributed by atoms with van der Waals surface area (Å²) in [7, 11) is 0. The number of benzene rings is 2. The van der Waals surface area contributed by atoms with E-state index in [1.165, 1.54) is 18.2 Å². The number of ketones is 1. The molecule has 0 aliphatic carbocycles. The Labute approximate surface area is 139 Å². The zero-order valence-corrected chi connectivity index (χ0v) is 12.4. The summed E-state index contributed by atoms with van der Waals surface area (Å²) in [5, 5.41) is 12.6. The van der Waals surface area contributed by atoms with E-state index in [0.29, 0.717) is 5.17 Å². The molecule has 0 saturated carbocycles. The van der Waals surface area contributed by atoms with Crippen LogP contribution in [0.2, 0.25) is 0 Å². The average Bonchev–Trinajstić information content (AvgIpc) is 2.59. The maximum atomic E-state index is 13.9. The van der Waals surface area contributed by atoms with Gasteiger partial charge in [0.15, 0.2) is 11.6 Å². The van der Waals surface area contributed by atoms with Crippen molar-refractivity contribution >= 4 is 17.7 Å². The van der Waals surface area contributed by atoms with E-state index in [-0.39, 0.29) is 23.2 Å². The summed E-state index contributed by atoms with van der Waals surface area (Å²) >= 11 is 0. The van der Waals surface area contributed by atoms with Gasteiger partial charge >= 0.3 is 6.18 Å². The van der Waals surface area contributed by atoms with Gasteiger partial charge in [-0.15, -0.1) is 5.10 Å². The molecule has 0 saturated heterocycles. The fourth-order valence-corrected chi connectivity index (χ4v) is 1.61. The van der Waals surface area contributed by atoms with E-state index in [4.69, 9.17) is 10.1 Å². The molecule has 0 radical (unpaired) electrons. The van der Waals surface area contributed by atoms with Crippen LogP contribution in [0.25, 0.3) is 0 Å². The van der Waals surface area contributed by atoms with Crippen LogP contribution in [0.3, 0.4) is 0 Å². The van der Waals surface area contributed by atoms with Gasteiger partial charge in [0.2, 0.25) is 0 Å². The Kier molecular flexibility index (Phi) is 5.34. The van der Waals surface area contributed by atoms with Crippen LogP contribution in [-0.4, -0.2) is 18.2 Å². The van der Waals surface area contributed by atoms with E-state index < -0.39 is 17.8 Å². The Morgan fingerprint density at radius 2 is 1.88 bits per heavy atom. The lowest BCUT2D eigenvalue weighted by Gasteiger charge is -2.19. The van der Waals surface area contributed by atoms with E-state index >= 15 is 0 Å². The van der Waals surface area contributed by atoms with Crippen molar-refractivity contribution in [2.75, 3.05) is 5.17 Å². The molecule has 2 aromatic rings. The van der Waals surface area contributed by atoms with Gasteiger partial charge in [-0.05, 0) is 30.3 Å². The van der Waals surface area contributed by atoms with Crippen molar-refractivity contribution in [3.63, 3.8) is 0 Å². The minimum atomic E-state index is -5.09. The molecule has 0 fully saturated rings. The quantitative estimate of drug-likeness (QED) is 0.469. The van der Waals surface area contributed by atoms with E-state index in [9.17, 15) is 22.4 Å². The summed E-state index contributed by atoms with van der Waals surface area (Å²) in [6.07, 6.45) is -5.07. The maximum absolute atomic E-state index is 13.9. The zero-order chi connectivity index (χ0) is 18.4. The molecule has 0 amide bonds. The van der Waals surface area contributed by atoms with Crippen LogP contribution in [0.1, 0.15) is 5.56 Å². The summed E-state index contributed by atoms with van der Waals surface area (Å²) < 4.78 is 50.8. The molecule has 2 rings (SSSR count). The molecule has 9 heteroatoms. The first-order valence-corrected chi connectivity index (χ1v) is 6.69. The standard InChI is InChI=1S/C16H9F4N3O2/c17-13-8-11(9-21)6-7-14(13)25-23(12-4-2-1-3-5-12)22-10-15(24)16(18,19)20/h1-8,10H. The van der Waals surface area contributed by atoms with Gasteiger partial charge in [0.25, 0.3) is 5.78 Å². The lowest BCUT2D eigenvalue weighted by atomic mass is 10.2. The van der Waals surface area contributed by atoms with Crippen molar-refractivity contribution in [3.05, 3.63) is 59.9 Å². The number of para-hydroxylation sites is 1. The topological polar surface area (TPSA) is 65.7 Å². The number of nitriles is 1. The molecule has 0 atom stereocenters. The summed E-state index contributed by atoms with van der Waals surface area (Å²) in [5.41, 5.74) is 0.185. The van der Waals surface area contributed by atoms with Gasteiger partial charge in [0.1, 0.15) is 11.9 Å². The first-order chi connectivity index (χ1) is 11.8. The largest absolute Gasteiger partial charge is 0.455 e. The molecule has 25 heavy (non-hydrogen) atoms. The molecule has 0 spiro atoms. The van der Waals surface area contributed by atoms with Crippen LogP contribution in [0.15, 0.2) is 53.6 Å². The van der Waals surface area contributed by atoms with Gasteiger partial charge in [-0.1, -0.05) is 23.4 Å². The van der Waals surface area contributed by atoms with E-state index in [1.807, 2.05) is 0 Å². The van der Waals surface area contributed by atoms with E-state index in [1.54, 1.807) is 24.3 Å². The molecule has 0 aromatic heterocycles. The van der Waals surface area contributed by atoms with Crippen LogP contribution in [0.4, 0.5) is 23.2 Å². The smallest absolute Gasteiger partial charge is 0.354 e. The molecule has 0 heterocycles. The van der Waals surface area contributed by atoms with E-state index in [0.717, 1.165) is 12.1 Å². The number of hydrazone groups is 1. The Hall–Kier alpha value is -3.41. The SMILES string of the molecule is N#Cc1ccc(ON(N=CC(=O)C(F)(F)F)c2ccccc2)c(F)c1. The van der Waals surface area contributed by atoms with Crippen molar-refractivity contribution in [3.8, 4) is 11.8 Å². The monoisotopic (exact) mass is 351 g/mol. The highest BCUT2D eigenvalue weighted by molar-refractivity contribution is 6.30. The number of nitrogens with zero attached hydrogens (tertiary/aromatic N) is 3. The number of hydrogen-bond donors (Lipinski definition) is 0. The summed E-state index contributed by atoms with van der Waals surface area (Å²) in [6, 6.07) is 12.6. The minimum absolute atomic E-state index is 0.0224. The fourth-order valence-electron chi connectivity index (χ4n) is 1.61. The number of carbonyl (C=O) groups excluding carboxylic acids is 1. The number of anilines is 1. The van der Waals surface area contributed by atoms with Crippen LogP contribution in [0, 0.1) is 17.1 Å². The van der Waals surface area contributed by atoms with E-state index in [2.05, 4.69) is 5.10 Å². The van der Waals surface area contributed by atoms with Crippen molar-refractivity contribution in [2.45, 2.75) is 6.18 Å². The number of hydrogen-bond acceptors (Lipinski definition) is 5. The van der Waals surface area contributed by atoms with Gasteiger partial charge in [-0.25, -0.2) is 4.39 Å². The highest BCUT2D eigenvalue weighted by atomic mass is 19.4. The highest BCUT2D eigenvalue weighted by Crippen LogP contribution is 2.23. The normalized spacial score (nSPS) is 11.2. The van der Waals surface area contributed by atoms with Gasteiger partial charge < -0.3 is 4.84 Å². The number of Topliss-reactive ketones (excluding diaryl/α,β-unsaturated/α-hetero) is 1. The van der Waals surface area contributed by atoms with Crippen molar-refractivity contribution in [1.82, 2.24) is 0 Å². The number of halogens is 4. The highest BCUT2D eigenvalue weighted by Gasteiger charge is 2.37. The lowest BCUT2D eigenvalue weighted by molar-refractivity contribution is -0.162. The summed E-state index contributed by atoms with van der Waals surface area (Å²) in [5.74, 6) is -3.51. The lowest BCUT2D eigenvalue weighted by Crippen LogP contribution is -2.27. The third-order valence-electron chi connectivity index (χ3n) is 2.78. The molecule has 0 aliphatic heterocycles. The summed E-state index contributed by atoms with van der Waals surface area (Å²) in [4.78, 5) is 16.1. The molecular weight excluding hydrogens is 342 g/mol. The fraction of sp³-hybridized carbons (Fsp3) is 0.0625. The number of rotatable bonds is 5. The molecule has 0 unspecified atom stereocenters. The second kappa shape index (κ2) is 7.44. The van der Waals surface area contributed by atoms with Crippen LogP contribution in [0.5, 0.6) is 5.75 Å². The van der Waals surface area contributed by atoms with Crippen molar-refractivity contribution in [1.29, 1.82) is 5.26 Å². The first kappa shape index (κ1) is 17.9. The maximum Gasteiger partial charge on any atom is 0.455 e. The van der Waals surface area contributed by atoms with Gasteiger partial charge in [0.05, 0.1) is 11.6 Å². The van der Waals surface area contributed by atoms with Crippen molar-refractivity contribution < 1.29 is 27.2 Å². The number of alkyl halides is 3. The second-order valence-corrected chi connectivity index (χ2v) is 4.56. The van der Waals surface area contributed by atoms with Crippen LogP contribution in [-0.2, 0) is 4.79 Å². The average molecular weight is 351 g/mol. The minimum Gasteiger partial charge on any atom is -0.354 e. The predicted octanol–water partition coefficient (Wildman–Crippen LogP) is 3.61. The molecule has 0 aliphatic rings. The van der Waals surface area contributed by atoms with Crippen LogP contribution < -0.4 is 10.0 Å². The third kappa shape index (κ3) is 4.78. The summed E-state index contributed by atoms with van der Waals surface area (Å²) in [6.45, 7) is 0. The number of carbonyl (C=O) groups is 1. The predicted molar refractivity (Wildman–Crippen MR) is 80.2 cm³/mol. The molecule has 128 valence electrons.